The first-order chi connectivity index (χ1) is 38.0. The van der Waals surface area contributed by atoms with Gasteiger partial charge in [-0.1, -0.05) is 328 Å². The number of unbranched alkanes of at least 4 members (excludes halogenated alkanes) is 50. The van der Waals surface area contributed by atoms with E-state index in [0.29, 0.717) is 19.3 Å². The second-order valence-corrected chi connectivity index (χ2v) is 23.8. The van der Waals surface area contributed by atoms with E-state index in [1.165, 1.54) is 289 Å². The first-order valence-electron chi connectivity index (χ1n) is 34.8. The van der Waals surface area contributed by atoms with Crippen molar-refractivity contribution in [2.45, 2.75) is 399 Å². The number of rotatable bonds is 65. The van der Waals surface area contributed by atoms with Crippen LogP contribution in [0, 0.1) is 0 Å². The molecule has 0 saturated heterocycles. The number of hydrogen-bond acceptors (Lipinski definition) is 6. The Morgan fingerprint density at radius 1 is 0.247 bits per heavy atom. The molecular formula is C71H134O6. The summed E-state index contributed by atoms with van der Waals surface area (Å²) in [5, 5.41) is 0. The van der Waals surface area contributed by atoms with Gasteiger partial charge in [-0.2, -0.15) is 0 Å². The van der Waals surface area contributed by atoms with Crippen LogP contribution < -0.4 is 0 Å². The van der Waals surface area contributed by atoms with Crippen molar-refractivity contribution in [1.82, 2.24) is 0 Å². The fourth-order valence-electron chi connectivity index (χ4n) is 10.7. The van der Waals surface area contributed by atoms with E-state index in [-0.39, 0.29) is 31.1 Å². The van der Waals surface area contributed by atoms with Crippen LogP contribution in [0.15, 0.2) is 24.3 Å². The van der Waals surface area contributed by atoms with Crippen LogP contribution in [0.5, 0.6) is 0 Å². The van der Waals surface area contributed by atoms with E-state index in [4.69, 9.17) is 14.2 Å². The Balaban J connectivity index is 4.24. The molecule has 0 aromatic rings. The number of esters is 3. The highest BCUT2D eigenvalue weighted by atomic mass is 16.6. The van der Waals surface area contributed by atoms with Gasteiger partial charge in [0, 0.05) is 19.3 Å². The van der Waals surface area contributed by atoms with Crippen LogP contribution in [-0.4, -0.2) is 37.2 Å². The molecule has 0 spiro atoms. The summed E-state index contributed by atoms with van der Waals surface area (Å²) < 4.78 is 17.0. The minimum Gasteiger partial charge on any atom is -0.462 e. The minimum atomic E-state index is -0.772. The molecule has 1 unspecified atom stereocenters. The molecule has 6 heteroatoms. The highest BCUT2D eigenvalue weighted by Gasteiger charge is 2.19. The third-order valence-corrected chi connectivity index (χ3v) is 15.9. The van der Waals surface area contributed by atoms with Gasteiger partial charge in [0.25, 0.3) is 0 Å². The lowest BCUT2D eigenvalue weighted by atomic mass is 10.0. The van der Waals surface area contributed by atoms with Crippen molar-refractivity contribution in [1.29, 1.82) is 0 Å². The Labute approximate surface area is 481 Å². The maximum atomic E-state index is 12.9. The summed E-state index contributed by atoms with van der Waals surface area (Å²) in [6, 6.07) is 0. The van der Waals surface area contributed by atoms with E-state index in [1.54, 1.807) is 0 Å². The van der Waals surface area contributed by atoms with Crippen LogP contribution in [0.1, 0.15) is 393 Å². The van der Waals surface area contributed by atoms with E-state index in [1.807, 2.05) is 0 Å². The van der Waals surface area contributed by atoms with E-state index < -0.39 is 6.10 Å². The molecule has 6 nitrogen and oxygen atoms in total. The van der Waals surface area contributed by atoms with Crippen LogP contribution in [-0.2, 0) is 28.6 Å². The lowest BCUT2D eigenvalue weighted by Crippen LogP contribution is -2.30. The minimum absolute atomic E-state index is 0.0683. The summed E-state index contributed by atoms with van der Waals surface area (Å²) in [5.41, 5.74) is 0. The highest BCUT2D eigenvalue weighted by molar-refractivity contribution is 5.71. The van der Waals surface area contributed by atoms with Gasteiger partial charge in [-0.25, -0.2) is 0 Å². The smallest absolute Gasteiger partial charge is 0.306 e. The van der Waals surface area contributed by atoms with E-state index in [2.05, 4.69) is 45.1 Å². The molecule has 0 rings (SSSR count). The summed E-state index contributed by atoms with van der Waals surface area (Å²) in [4.78, 5) is 38.4. The molecule has 1 atom stereocenters. The van der Waals surface area contributed by atoms with Gasteiger partial charge in [0.05, 0.1) is 0 Å². The quantitative estimate of drug-likeness (QED) is 0.0261. The fourth-order valence-corrected chi connectivity index (χ4v) is 10.7. The molecule has 0 radical (unpaired) electrons. The van der Waals surface area contributed by atoms with E-state index >= 15 is 0 Å². The first-order valence-corrected chi connectivity index (χ1v) is 34.8. The molecule has 454 valence electrons. The topological polar surface area (TPSA) is 78.9 Å². The molecule has 0 bridgehead atoms. The van der Waals surface area contributed by atoms with Gasteiger partial charge in [0.2, 0.25) is 0 Å². The molecular weight excluding hydrogens is 949 g/mol. The average Bonchev–Trinajstić information content (AvgIpc) is 3.43. The molecule has 0 aromatic heterocycles. The predicted octanol–water partition coefficient (Wildman–Crippen LogP) is 23.8. The zero-order chi connectivity index (χ0) is 55.7. The summed E-state index contributed by atoms with van der Waals surface area (Å²) >= 11 is 0. The molecule has 0 N–H and O–H groups in total. The summed E-state index contributed by atoms with van der Waals surface area (Å²) in [5.74, 6) is -0.846. The average molecular weight is 1080 g/mol. The normalized spacial score (nSPS) is 12.1. The number of allylic oxidation sites excluding steroid dienone is 4. The van der Waals surface area contributed by atoms with Gasteiger partial charge in [-0.15, -0.1) is 0 Å². The van der Waals surface area contributed by atoms with Gasteiger partial charge in [-0.05, 0) is 70.6 Å². The number of carbonyl (C=O) groups is 3. The van der Waals surface area contributed by atoms with Crippen LogP contribution in [0.25, 0.3) is 0 Å². The van der Waals surface area contributed by atoms with Gasteiger partial charge in [0.15, 0.2) is 6.10 Å². The zero-order valence-electron chi connectivity index (χ0n) is 52.3. The van der Waals surface area contributed by atoms with Gasteiger partial charge in [-0.3, -0.25) is 14.4 Å². The van der Waals surface area contributed by atoms with Crippen LogP contribution >= 0.6 is 0 Å². The second kappa shape index (κ2) is 66.4. The Kier molecular flexibility index (Phi) is 64.6. The Hall–Kier alpha value is -2.11. The number of carbonyl (C=O) groups excluding carboxylic acids is 3. The van der Waals surface area contributed by atoms with Crippen molar-refractivity contribution in [3.63, 3.8) is 0 Å². The summed E-state index contributed by atoms with van der Waals surface area (Å²) in [7, 11) is 0. The Morgan fingerprint density at radius 2 is 0.429 bits per heavy atom. The van der Waals surface area contributed by atoms with Gasteiger partial charge in [0.1, 0.15) is 13.2 Å². The van der Waals surface area contributed by atoms with Crippen LogP contribution in [0.3, 0.4) is 0 Å². The molecule has 0 aliphatic carbocycles. The largest absolute Gasteiger partial charge is 0.462 e. The standard InChI is InChI=1S/C71H134O6/c1-4-7-10-13-16-19-22-25-28-30-32-34-35-36-37-38-40-41-43-46-49-52-55-58-61-64-70(73)76-67-68(66-75-69(72)63-60-57-54-51-48-45-27-24-21-18-15-12-9-6-3)77-71(74)65-62-59-56-53-50-47-44-42-39-33-31-29-26-23-20-17-14-11-8-5-2/h24,27,30,32,68H,4-23,25-26,28-29,31,33-67H2,1-3H3/b27-24-,32-30-. The second-order valence-electron chi connectivity index (χ2n) is 23.8. The SMILES string of the molecule is CCCCCCC/C=C\CCCCCCCC(=O)OCC(COC(=O)CCCCCCCCCCCCCCC/C=C\CCCCCCCCCC)OC(=O)CCCCCCCCCCCCCCCCCCCCCC. The first kappa shape index (κ1) is 74.9. The Bertz CT molecular complexity index is 1240. The lowest BCUT2D eigenvalue weighted by molar-refractivity contribution is -0.167. The molecule has 0 aliphatic heterocycles. The molecule has 0 aromatic carbocycles. The fraction of sp³-hybridized carbons (Fsp3) is 0.901. The van der Waals surface area contributed by atoms with Crippen molar-refractivity contribution >= 4 is 17.9 Å². The van der Waals surface area contributed by atoms with E-state index in [9.17, 15) is 14.4 Å². The third kappa shape index (κ3) is 64.6. The molecule has 77 heavy (non-hydrogen) atoms. The zero-order valence-corrected chi connectivity index (χ0v) is 52.3. The van der Waals surface area contributed by atoms with Crippen LogP contribution in [0.2, 0.25) is 0 Å². The van der Waals surface area contributed by atoms with Crippen molar-refractivity contribution < 1.29 is 28.6 Å². The molecule has 0 fully saturated rings. The highest BCUT2D eigenvalue weighted by Crippen LogP contribution is 2.18. The number of hydrogen-bond donors (Lipinski definition) is 0. The van der Waals surface area contributed by atoms with Crippen molar-refractivity contribution in [2.24, 2.45) is 0 Å². The Morgan fingerprint density at radius 3 is 0.649 bits per heavy atom. The summed E-state index contributed by atoms with van der Waals surface area (Å²) in [6.45, 7) is 6.70. The molecule has 0 heterocycles. The maximum absolute atomic E-state index is 12.9. The predicted molar refractivity (Wildman–Crippen MR) is 335 cm³/mol. The number of ether oxygens (including phenoxy) is 3. The van der Waals surface area contributed by atoms with Gasteiger partial charge >= 0.3 is 17.9 Å². The van der Waals surface area contributed by atoms with Crippen molar-refractivity contribution in [3.05, 3.63) is 24.3 Å². The summed E-state index contributed by atoms with van der Waals surface area (Å²) in [6.07, 6.45) is 80.6. The van der Waals surface area contributed by atoms with Crippen LogP contribution in [0.4, 0.5) is 0 Å². The van der Waals surface area contributed by atoms with Crippen molar-refractivity contribution in [3.8, 4) is 0 Å². The third-order valence-electron chi connectivity index (χ3n) is 15.9. The van der Waals surface area contributed by atoms with E-state index in [0.717, 1.165) is 64.2 Å². The molecule has 0 saturated carbocycles. The van der Waals surface area contributed by atoms with Crippen molar-refractivity contribution in [2.75, 3.05) is 13.2 Å². The lowest BCUT2D eigenvalue weighted by Gasteiger charge is -2.18. The molecule has 0 aliphatic rings. The molecule has 0 amide bonds. The maximum Gasteiger partial charge on any atom is 0.306 e. The van der Waals surface area contributed by atoms with Gasteiger partial charge < -0.3 is 14.2 Å². The monoisotopic (exact) mass is 1080 g/mol.